The molecule has 0 aromatic heterocycles. The summed E-state index contributed by atoms with van der Waals surface area (Å²) >= 11 is 0. The topological polar surface area (TPSA) is 99.0 Å². The second-order valence-electron chi connectivity index (χ2n) is 8.09. The standard InChI is InChI=1S/C26H27NO5/c1-16-10-11-17(28)14-22(16)25(30)24(29)12-13-27-26(31)32-15-23-20-8-4-2-6-18(20)19-7-3-5-9-21(19)23/h2-11,14,23-25,28-30H,12-13,15H2,1H3,(H,27,31). The van der Waals surface area contributed by atoms with Gasteiger partial charge in [-0.2, -0.15) is 0 Å². The van der Waals surface area contributed by atoms with Crippen LogP contribution < -0.4 is 5.32 Å². The molecule has 6 nitrogen and oxygen atoms in total. The number of phenols is 1. The summed E-state index contributed by atoms with van der Waals surface area (Å²) in [6.07, 6.45) is -2.68. The van der Waals surface area contributed by atoms with Crippen LogP contribution in [0.3, 0.4) is 0 Å². The minimum absolute atomic E-state index is 0.0192. The summed E-state index contributed by atoms with van der Waals surface area (Å²) in [6.45, 7) is 2.15. The number of benzene rings is 3. The number of alkyl carbamates (subject to hydrolysis) is 1. The molecule has 0 heterocycles. The second kappa shape index (κ2) is 9.42. The van der Waals surface area contributed by atoms with Crippen LogP contribution in [0.1, 0.15) is 40.7 Å². The van der Waals surface area contributed by atoms with Crippen LogP contribution in [0.15, 0.2) is 66.7 Å². The highest BCUT2D eigenvalue weighted by molar-refractivity contribution is 5.79. The molecular weight excluding hydrogens is 406 g/mol. The van der Waals surface area contributed by atoms with Crippen molar-refractivity contribution in [2.75, 3.05) is 13.2 Å². The molecule has 2 unspecified atom stereocenters. The smallest absolute Gasteiger partial charge is 0.407 e. The quantitative estimate of drug-likeness (QED) is 0.451. The SMILES string of the molecule is Cc1ccc(O)cc1C(O)C(O)CCNC(=O)OCC1c2ccccc2-c2ccccc21. The van der Waals surface area contributed by atoms with Crippen LogP contribution in [-0.4, -0.2) is 40.7 Å². The first-order valence-electron chi connectivity index (χ1n) is 10.7. The lowest BCUT2D eigenvalue weighted by Crippen LogP contribution is -2.30. The van der Waals surface area contributed by atoms with Crippen molar-refractivity contribution in [3.05, 3.63) is 89.0 Å². The number of ether oxygens (including phenoxy) is 1. The van der Waals surface area contributed by atoms with Gasteiger partial charge in [0.05, 0.1) is 6.10 Å². The van der Waals surface area contributed by atoms with E-state index >= 15 is 0 Å². The lowest BCUT2D eigenvalue weighted by Gasteiger charge is -2.20. The molecule has 4 rings (SSSR count). The highest BCUT2D eigenvalue weighted by Crippen LogP contribution is 2.44. The molecule has 0 spiro atoms. The van der Waals surface area contributed by atoms with Crippen LogP contribution in [0.2, 0.25) is 0 Å². The predicted octanol–water partition coefficient (Wildman–Crippen LogP) is 4.02. The summed E-state index contributed by atoms with van der Waals surface area (Å²) in [6, 6.07) is 20.9. The van der Waals surface area contributed by atoms with Gasteiger partial charge in [-0.15, -0.1) is 0 Å². The Kier molecular flexibility index (Phi) is 6.44. The molecule has 1 amide bonds. The van der Waals surface area contributed by atoms with Crippen LogP contribution >= 0.6 is 0 Å². The zero-order valence-electron chi connectivity index (χ0n) is 17.9. The van der Waals surface area contributed by atoms with Crippen molar-refractivity contribution < 1.29 is 24.9 Å². The highest BCUT2D eigenvalue weighted by atomic mass is 16.5. The number of rotatable bonds is 7. The van der Waals surface area contributed by atoms with Gasteiger partial charge >= 0.3 is 6.09 Å². The van der Waals surface area contributed by atoms with E-state index in [1.807, 2.05) is 24.3 Å². The van der Waals surface area contributed by atoms with Crippen LogP contribution in [-0.2, 0) is 4.74 Å². The van der Waals surface area contributed by atoms with Gasteiger partial charge in [-0.1, -0.05) is 54.6 Å². The molecule has 1 aliphatic carbocycles. The average Bonchev–Trinajstić information content (AvgIpc) is 3.12. The van der Waals surface area contributed by atoms with Crippen molar-refractivity contribution in [2.45, 2.75) is 31.5 Å². The largest absolute Gasteiger partial charge is 0.508 e. The molecule has 0 radical (unpaired) electrons. The number of carbonyl (C=O) groups excluding carboxylic acids is 1. The predicted molar refractivity (Wildman–Crippen MR) is 121 cm³/mol. The minimum Gasteiger partial charge on any atom is -0.508 e. The number of aryl methyl sites for hydroxylation is 1. The van der Waals surface area contributed by atoms with Gasteiger partial charge in [-0.05, 0) is 58.9 Å². The van der Waals surface area contributed by atoms with Crippen molar-refractivity contribution in [1.82, 2.24) is 5.32 Å². The molecule has 0 saturated carbocycles. The van der Waals surface area contributed by atoms with E-state index in [9.17, 15) is 20.1 Å². The number of nitrogens with one attached hydrogen (secondary N) is 1. The average molecular weight is 434 g/mol. The fourth-order valence-electron chi connectivity index (χ4n) is 4.28. The Bertz CT molecular complexity index is 1070. The number of aliphatic hydroxyl groups excluding tert-OH is 2. The number of hydrogen-bond acceptors (Lipinski definition) is 5. The Morgan fingerprint density at radius 3 is 2.28 bits per heavy atom. The third-order valence-corrected chi connectivity index (χ3v) is 6.00. The summed E-state index contributed by atoms with van der Waals surface area (Å²) in [7, 11) is 0. The number of fused-ring (bicyclic) bond motifs is 3. The van der Waals surface area contributed by atoms with Crippen LogP contribution in [0, 0.1) is 6.92 Å². The number of amides is 1. The maximum atomic E-state index is 12.2. The van der Waals surface area contributed by atoms with Crippen molar-refractivity contribution in [3.8, 4) is 16.9 Å². The van der Waals surface area contributed by atoms with E-state index in [1.165, 1.54) is 12.1 Å². The number of carbonyl (C=O) groups is 1. The van der Waals surface area contributed by atoms with E-state index in [2.05, 4.69) is 29.6 Å². The summed E-state index contributed by atoms with van der Waals surface area (Å²) < 4.78 is 5.47. The molecule has 6 heteroatoms. The van der Waals surface area contributed by atoms with E-state index in [1.54, 1.807) is 13.0 Å². The molecule has 3 aromatic carbocycles. The van der Waals surface area contributed by atoms with Gasteiger partial charge in [0.2, 0.25) is 0 Å². The Balaban J connectivity index is 1.29. The van der Waals surface area contributed by atoms with Gasteiger partial charge in [-0.3, -0.25) is 0 Å². The monoisotopic (exact) mass is 433 g/mol. The maximum absolute atomic E-state index is 12.2. The first kappa shape index (κ1) is 21.9. The van der Waals surface area contributed by atoms with Crippen LogP contribution in [0.25, 0.3) is 11.1 Å². The van der Waals surface area contributed by atoms with Gasteiger partial charge in [0.25, 0.3) is 0 Å². The summed E-state index contributed by atoms with van der Waals surface area (Å²) in [5.74, 6) is 0.00269. The van der Waals surface area contributed by atoms with Gasteiger partial charge in [0.15, 0.2) is 0 Å². The van der Waals surface area contributed by atoms with Crippen molar-refractivity contribution in [3.63, 3.8) is 0 Å². The minimum atomic E-state index is -1.16. The molecule has 0 fully saturated rings. The third-order valence-electron chi connectivity index (χ3n) is 6.00. The fourth-order valence-corrected chi connectivity index (χ4v) is 4.28. The highest BCUT2D eigenvalue weighted by Gasteiger charge is 2.29. The van der Waals surface area contributed by atoms with Gasteiger partial charge in [0.1, 0.15) is 18.5 Å². The Morgan fingerprint density at radius 1 is 1.00 bits per heavy atom. The van der Waals surface area contributed by atoms with Gasteiger partial charge < -0.3 is 25.4 Å². The van der Waals surface area contributed by atoms with Crippen molar-refractivity contribution in [1.29, 1.82) is 0 Å². The van der Waals surface area contributed by atoms with Crippen LogP contribution in [0.5, 0.6) is 5.75 Å². The summed E-state index contributed by atoms with van der Waals surface area (Å²) in [5.41, 5.74) is 5.83. The zero-order chi connectivity index (χ0) is 22.7. The van der Waals surface area contributed by atoms with Gasteiger partial charge in [0, 0.05) is 12.5 Å². The number of hydrogen-bond donors (Lipinski definition) is 4. The van der Waals surface area contributed by atoms with E-state index in [4.69, 9.17) is 4.74 Å². The summed E-state index contributed by atoms with van der Waals surface area (Å²) in [4.78, 5) is 12.2. The molecular formula is C26H27NO5. The molecule has 2 atom stereocenters. The first-order chi connectivity index (χ1) is 15.5. The number of phenolic OH excluding ortho intramolecular Hbond substituents is 1. The molecule has 4 N–H and O–H groups in total. The Labute approximate surface area is 187 Å². The van der Waals surface area contributed by atoms with Gasteiger partial charge in [-0.25, -0.2) is 4.79 Å². The van der Waals surface area contributed by atoms with E-state index < -0.39 is 18.3 Å². The molecule has 0 bridgehead atoms. The lowest BCUT2D eigenvalue weighted by atomic mass is 9.97. The maximum Gasteiger partial charge on any atom is 0.407 e. The summed E-state index contributed by atoms with van der Waals surface area (Å²) in [5, 5.41) is 32.9. The molecule has 3 aromatic rings. The van der Waals surface area contributed by atoms with E-state index in [0.717, 1.165) is 27.8 Å². The molecule has 0 aliphatic heterocycles. The molecule has 32 heavy (non-hydrogen) atoms. The van der Waals surface area contributed by atoms with Crippen molar-refractivity contribution in [2.24, 2.45) is 0 Å². The zero-order valence-corrected chi connectivity index (χ0v) is 17.9. The third kappa shape index (κ3) is 4.47. The normalized spacial score (nSPS) is 14.3. The number of aromatic hydroxyl groups is 1. The first-order valence-corrected chi connectivity index (χ1v) is 10.7. The van der Waals surface area contributed by atoms with E-state index in [-0.39, 0.29) is 31.2 Å². The second-order valence-corrected chi connectivity index (χ2v) is 8.09. The Hall–Kier alpha value is -3.35. The molecule has 166 valence electrons. The fraction of sp³-hybridized carbons (Fsp3) is 0.269. The molecule has 0 saturated heterocycles. The molecule has 1 aliphatic rings. The van der Waals surface area contributed by atoms with Crippen molar-refractivity contribution >= 4 is 6.09 Å². The van der Waals surface area contributed by atoms with E-state index in [0.29, 0.717) is 5.56 Å². The lowest BCUT2D eigenvalue weighted by molar-refractivity contribution is 0.0132. The Morgan fingerprint density at radius 2 is 1.62 bits per heavy atom. The number of aliphatic hydroxyl groups is 2. The van der Waals surface area contributed by atoms with Crippen LogP contribution in [0.4, 0.5) is 4.79 Å².